The van der Waals surface area contributed by atoms with Gasteiger partial charge in [0.2, 0.25) is 0 Å². The number of anilines is 1. The van der Waals surface area contributed by atoms with Gasteiger partial charge in [-0.25, -0.2) is 4.39 Å². The predicted octanol–water partition coefficient (Wildman–Crippen LogP) is 1.89. The highest BCUT2D eigenvalue weighted by atomic mass is 19.4. The van der Waals surface area contributed by atoms with Gasteiger partial charge < -0.3 is 4.90 Å². The summed E-state index contributed by atoms with van der Waals surface area (Å²) in [6.45, 7) is -1.25. The Labute approximate surface area is 104 Å². The topological polar surface area (TPSA) is 46.6 Å². The fourth-order valence-electron chi connectivity index (χ4n) is 1.75. The van der Waals surface area contributed by atoms with E-state index >= 15 is 0 Å². The van der Waals surface area contributed by atoms with Gasteiger partial charge in [-0.15, -0.1) is 13.2 Å². The molecule has 0 N–H and O–H groups in total. The number of rotatable bonds is 3. The molecule has 0 saturated carbocycles. The number of carbonyl (C=O) groups is 2. The van der Waals surface area contributed by atoms with Crippen molar-refractivity contribution in [3.8, 4) is 0 Å². The SMILES string of the molecule is O=C1C(=O)N(CCOC(F)(F)F)c2ccc(F)cc21. The summed E-state index contributed by atoms with van der Waals surface area (Å²) < 4.78 is 51.9. The average molecular weight is 277 g/mol. The molecule has 8 heteroatoms. The van der Waals surface area contributed by atoms with E-state index in [1.54, 1.807) is 0 Å². The number of ketones is 1. The van der Waals surface area contributed by atoms with Crippen LogP contribution in [0.25, 0.3) is 0 Å². The van der Waals surface area contributed by atoms with Crippen LogP contribution in [-0.4, -0.2) is 31.2 Å². The van der Waals surface area contributed by atoms with E-state index in [2.05, 4.69) is 4.74 Å². The molecular formula is C11H7F4NO3. The van der Waals surface area contributed by atoms with Gasteiger partial charge in [0, 0.05) is 0 Å². The Hall–Kier alpha value is -1.96. The molecular weight excluding hydrogens is 270 g/mol. The molecule has 2 rings (SSSR count). The molecule has 1 aromatic rings. The lowest BCUT2D eigenvalue weighted by atomic mass is 10.1. The quantitative estimate of drug-likeness (QED) is 0.626. The van der Waals surface area contributed by atoms with Gasteiger partial charge in [0.15, 0.2) is 0 Å². The second kappa shape index (κ2) is 4.61. The van der Waals surface area contributed by atoms with Crippen LogP contribution < -0.4 is 4.90 Å². The molecule has 0 fully saturated rings. The monoisotopic (exact) mass is 277 g/mol. The standard InChI is InChI=1S/C11H7F4NO3/c12-6-1-2-8-7(5-6)9(17)10(18)16(8)3-4-19-11(13,14)15/h1-2,5H,3-4H2. The fourth-order valence-corrected chi connectivity index (χ4v) is 1.75. The highest BCUT2D eigenvalue weighted by Crippen LogP contribution is 2.29. The molecule has 4 nitrogen and oxygen atoms in total. The number of benzene rings is 1. The lowest BCUT2D eigenvalue weighted by Gasteiger charge is -2.16. The molecule has 1 aliphatic rings. The number of alkyl halides is 3. The van der Waals surface area contributed by atoms with Crippen molar-refractivity contribution in [2.75, 3.05) is 18.1 Å². The number of hydrogen-bond acceptors (Lipinski definition) is 3. The smallest absolute Gasteiger partial charge is 0.302 e. The Balaban J connectivity index is 2.15. The molecule has 1 aliphatic heterocycles. The number of fused-ring (bicyclic) bond motifs is 1. The fraction of sp³-hybridized carbons (Fsp3) is 0.273. The molecule has 102 valence electrons. The summed E-state index contributed by atoms with van der Waals surface area (Å²) >= 11 is 0. The van der Waals surface area contributed by atoms with Crippen LogP contribution in [0.4, 0.5) is 23.2 Å². The lowest BCUT2D eigenvalue weighted by Crippen LogP contribution is -2.34. The summed E-state index contributed by atoms with van der Waals surface area (Å²) in [6.07, 6.45) is -4.81. The Kier molecular flexibility index (Phi) is 3.27. The summed E-state index contributed by atoms with van der Waals surface area (Å²) in [6, 6.07) is 3.06. The first-order valence-corrected chi connectivity index (χ1v) is 5.16. The number of carbonyl (C=O) groups excluding carboxylic acids is 2. The van der Waals surface area contributed by atoms with E-state index in [1.165, 1.54) is 6.07 Å². The molecule has 0 saturated heterocycles. The van der Waals surface area contributed by atoms with E-state index in [1.807, 2.05) is 0 Å². The zero-order valence-corrected chi connectivity index (χ0v) is 9.33. The number of Topliss-reactive ketones (excluding diaryl/α,β-unsaturated/α-hetero) is 1. The molecule has 0 radical (unpaired) electrons. The molecule has 0 unspecified atom stereocenters. The first kappa shape index (κ1) is 13.5. The Morgan fingerprint density at radius 1 is 1.21 bits per heavy atom. The molecule has 0 aliphatic carbocycles. The van der Waals surface area contributed by atoms with Crippen LogP contribution in [0.1, 0.15) is 10.4 Å². The number of halogens is 4. The maximum Gasteiger partial charge on any atom is 0.522 e. The third kappa shape index (κ3) is 2.73. The van der Waals surface area contributed by atoms with Crippen molar-refractivity contribution in [1.82, 2.24) is 0 Å². The lowest BCUT2D eigenvalue weighted by molar-refractivity contribution is -0.323. The number of amides is 1. The minimum atomic E-state index is -4.81. The molecule has 0 bridgehead atoms. The Morgan fingerprint density at radius 3 is 2.53 bits per heavy atom. The van der Waals surface area contributed by atoms with E-state index < -0.39 is 37.0 Å². The minimum absolute atomic E-state index is 0.0853. The van der Waals surface area contributed by atoms with Gasteiger partial charge in [0.05, 0.1) is 24.4 Å². The van der Waals surface area contributed by atoms with E-state index in [9.17, 15) is 27.2 Å². The second-order valence-corrected chi connectivity index (χ2v) is 3.74. The van der Waals surface area contributed by atoms with Gasteiger partial charge in [-0.1, -0.05) is 0 Å². The first-order chi connectivity index (χ1) is 8.79. The van der Waals surface area contributed by atoms with Crippen molar-refractivity contribution in [3.05, 3.63) is 29.6 Å². The normalized spacial score (nSPS) is 15.1. The highest BCUT2D eigenvalue weighted by molar-refractivity contribution is 6.52. The third-order valence-corrected chi connectivity index (χ3v) is 2.51. The van der Waals surface area contributed by atoms with Crippen molar-refractivity contribution < 1.29 is 31.9 Å². The van der Waals surface area contributed by atoms with Gasteiger partial charge in [-0.05, 0) is 18.2 Å². The molecule has 0 spiro atoms. The molecule has 1 heterocycles. The van der Waals surface area contributed by atoms with Gasteiger partial charge >= 0.3 is 6.36 Å². The maximum absolute atomic E-state index is 12.9. The van der Waals surface area contributed by atoms with Crippen molar-refractivity contribution in [1.29, 1.82) is 0 Å². The van der Waals surface area contributed by atoms with Crippen LogP contribution in [0.15, 0.2) is 18.2 Å². The Morgan fingerprint density at radius 2 is 1.89 bits per heavy atom. The van der Waals surface area contributed by atoms with Gasteiger partial charge in [-0.3, -0.25) is 14.3 Å². The number of ether oxygens (including phenoxy) is 1. The van der Waals surface area contributed by atoms with Crippen LogP contribution in [0.2, 0.25) is 0 Å². The summed E-state index contributed by atoms with van der Waals surface area (Å²) in [4.78, 5) is 23.9. The van der Waals surface area contributed by atoms with Crippen LogP contribution in [-0.2, 0) is 9.53 Å². The van der Waals surface area contributed by atoms with E-state index in [0.717, 1.165) is 17.0 Å². The van der Waals surface area contributed by atoms with Gasteiger partial charge in [0.1, 0.15) is 5.82 Å². The summed E-state index contributed by atoms with van der Waals surface area (Å²) in [7, 11) is 0. The van der Waals surface area contributed by atoms with Crippen molar-refractivity contribution >= 4 is 17.4 Å². The van der Waals surface area contributed by atoms with Gasteiger partial charge in [-0.2, -0.15) is 0 Å². The predicted molar refractivity (Wildman–Crippen MR) is 55.1 cm³/mol. The summed E-state index contributed by atoms with van der Waals surface area (Å²) in [5, 5.41) is 0. The second-order valence-electron chi connectivity index (χ2n) is 3.74. The van der Waals surface area contributed by atoms with Crippen LogP contribution in [0, 0.1) is 5.82 Å². The Bertz CT molecular complexity index is 541. The molecule has 0 aromatic heterocycles. The van der Waals surface area contributed by atoms with Gasteiger partial charge in [0.25, 0.3) is 11.7 Å². The zero-order valence-electron chi connectivity index (χ0n) is 9.33. The van der Waals surface area contributed by atoms with Crippen molar-refractivity contribution in [2.24, 2.45) is 0 Å². The summed E-state index contributed by atoms with van der Waals surface area (Å²) in [5.74, 6) is -2.64. The van der Waals surface area contributed by atoms with Crippen molar-refractivity contribution in [2.45, 2.75) is 6.36 Å². The third-order valence-electron chi connectivity index (χ3n) is 2.51. The highest BCUT2D eigenvalue weighted by Gasteiger charge is 2.37. The number of nitrogens with zero attached hydrogens (tertiary/aromatic N) is 1. The van der Waals surface area contributed by atoms with Crippen LogP contribution >= 0.6 is 0 Å². The maximum atomic E-state index is 12.9. The average Bonchev–Trinajstić information content (AvgIpc) is 2.53. The largest absolute Gasteiger partial charge is 0.522 e. The summed E-state index contributed by atoms with van der Waals surface area (Å²) in [5.41, 5.74) is -0.0702. The molecule has 1 amide bonds. The van der Waals surface area contributed by atoms with Crippen LogP contribution in [0.5, 0.6) is 0 Å². The minimum Gasteiger partial charge on any atom is -0.302 e. The van der Waals surface area contributed by atoms with E-state index in [-0.39, 0.29) is 11.3 Å². The van der Waals surface area contributed by atoms with Crippen molar-refractivity contribution in [3.63, 3.8) is 0 Å². The van der Waals surface area contributed by atoms with Crippen LogP contribution in [0.3, 0.4) is 0 Å². The van der Waals surface area contributed by atoms with E-state index in [4.69, 9.17) is 0 Å². The first-order valence-electron chi connectivity index (χ1n) is 5.16. The van der Waals surface area contributed by atoms with E-state index in [0.29, 0.717) is 0 Å². The zero-order chi connectivity index (χ0) is 14.2. The molecule has 19 heavy (non-hydrogen) atoms. The molecule has 1 aromatic carbocycles. The number of hydrogen-bond donors (Lipinski definition) is 0. The molecule has 0 atom stereocenters.